The van der Waals surface area contributed by atoms with Crippen molar-refractivity contribution in [2.45, 2.75) is 43.9 Å². The fourth-order valence-corrected chi connectivity index (χ4v) is 7.04. The lowest BCUT2D eigenvalue weighted by molar-refractivity contribution is -0.146. The maximum Gasteiger partial charge on any atom is 0.255 e. The number of aromatic hydroxyl groups is 1. The minimum absolute atomic E-state index is 0.0369. The molecule has 38 heavy (non-hydrogen) atoms. The summed E-state index contributed by atoms with van der Waals surface area (Å²) in [7, 11) is 5.86. The zero-order valence-electron chi connectivity index (χ0n) is 21.9. The Morgan fingerprint density at radius 2 is 1.95 bits per heavy atom. The fourth-order valence-electron chi connectivity index (χ4n) is 7.04. The number of nitrogens with two attached hydrogens (primary N) is 1. The van der Waals surface area contributed by atoms with Gasteiger partial charge in [-0.2, -0.15) is 0 Å². The van der Waals surface area contributed by atoms with Crippen LogP contribution in [0.5, 0.6) is 5.75 Å². The van der Waals surface area contributed by atoms with E-state index >= 15 is 0 Å². The van der Waals surface area contributed by atoms with Gasteiger partial charge in [0.1, 0.15) is 22.8 Å². The monoisotopic (exact) mass is 526 g/mol. The van der Waals surface area contributed by atoms with Crippen LogP contribution in [0, 0.1) is 11.8 Å². The number of fused-ring (bicyclic) bond motifs is 5. The average Bonchev–Trinajstić information content (AvgIpc) is 2.83. The first-order valence-corrected chi connectivity index (χ1v) is 12.8. The van der Waals surface area contributed by atoms with Gasteiger partial charge in [0, 0.05) is 36.8 Å². The maximum atomic E-state index is 13.9. The number of aliphatic hydroxyl groups excluding tert-OH is 2. The number of ketones is 2. The number of phenols is 1. The van der Waals surface area contributed by atoms with Gasteiger partial charge >= 0.3 is 0 Å². The molecule has 0 radical (unpaired) electrons. The third-order valence-electron chi connectivity index (χ3n) is 8.73. The molecule has 1 aromatic carbocycles. The molecule has 0 aromatic heterocycles. The summed E-state index contributed by atoms with van der Waals surface area (Å²) < 4.78 is 0. The second-order valence-corrected chi connectivity index (χ2v) is 11.0. The lowest BCUT2D eigenvalue weighted by Gasteiger charge is -2.49. The quantitative estimate of drug-likeness (QED) is 0.305. The summed E-state index contributed by atoms with van der Waals surface area (Å²) >= 11 is 0. The number of benzene rings is 1. The molecule has 1 unspecified atom stereocenters. The molecule has 0 saturated heterocycles. The van der Waals surface area contributed by atoms with Gasteiger partial charge < -0.3 is 41.3 Å². The number of nitrogens with zero attached hydrogens (tertiary/aromatic N) is 2. The number of phenolic OH excluding ortho intramolecular Hbond substituents is 1. The van der Waals surface area contributed by atoms with Crippen molar-refractivity contribution in [1.82, 2.24) is 10.2 Å². The highest BCUT2D eigenvalue weighted by atomic mass is 16.3. The molecular formula is C27H34N4O7. The number of nitrogens with one attached hydrogen (secondary N) is 1. The normalized spacial score (nSPS) is 30.7. The fraction of sp³-hybridized carbons (Fsp3) is 0.519. The number of primary amides is 1. The molecule has 11 heteroatoms. The van der Waals surface area contributed by atoms with Gasteiger partial charge in [-0.1, -0.05) is 6.92 Å². The molecule has 0 bridgehead atoms. The van der Waals surface area contributed by atoms with E-state index in [1.807, 2.05) is 21.1 Å². The van der Waals surface area contributed by atoms with Gasteiger partial charge in [-0.3, -0.25) is 14.4 Å². The van der Waals surface area contributed by atoms with E-state index in [2.05, 4.69) is 15.1 Å². The third-order valence-corrected chi connectivity index (χ3v) is 8.73. The van der Waals surface area contributed by atoms with Crippen molar-refractivity contribution in [2.75, 3.05) is 39.1 Å². The first-order valence-electron chi connectivity index (χ1n) is 12.8. The van der Waals surface area contributed by atoms with Gasteiger partial charge in [-0.25, -0.2) is 0 Å². The van der Waals surface area contributed by atoms with Gasteiger partial charge in [0.2, 0.25) is 5.78 Å². The number of carbonyl (C=O) groups excluding carboxylic acids is 3. The molecule has 1 amide bonds. The van der Waals surface area contributed by atoms with Crippen LogP contribution in [0.1, 0.15) is 47.3 Å². The smallest absolute Gasteiger partial charge is 0.255 e. The van der Waals surface area contributed by atoms with Crippen molar-refractivity contribution in [3.8, 4) is 5.75 Å². The zero-order valence-corrected chi connectivity index (χ0v) is 21.9. The number of Topliss-reactive ketones (excluding diaryl/α,β-unsaturated/α-hetero) is 2. The average molecular weight is 527 g/mol. The van der Waals surface area contributed by atoms with Crippen LogP contribution in [0.2, 0.25) is 0 Å². The van der Waals surface area contributed by atoms with Gasteiger partial charge in [0.25, 0.3) is 5.91 Å². The number of anilines is 1. The van der Waals surface area contributed by atoms with Crippen molar-refractivity contribution in [3.05, 3.63) is 45.4 Å². The SMILES string of the molecule is CCN[C@@H]1C(O)=C(C(N)=O)C(=O)[C@@]2(O)C(O)=C3C(=O)c4c(O)cc5c(c4C[C@H]3C[C@@H]12)N(C)CCC5N(C)C. The van der Waals surface area contributed by atoms with Gasteiger partial charge in [0.05, 0.1) is 11.6 Å². The zero-order chi connectivity index (χ0) is 27.8. The summed E-state index contributed by atoms with van der Waals surface area (Å²) in [5, 5.41) is 48.0. The molecule has 4 aliphatic rings. The second-order valence-electron chi connectivity index (χ2n) is 11.0. The van der Waals surface area contributed by atoms with E-state index < -0.39 is 58.0 Å². The van der Waals surface area contributed by atoms with E-state index in [0.717, 1.165) is 24.2 Å². The van der Waals surface area contributed by atoms with Crippen LogP contribution in [-0.2, 0) is 16.0 Å². The minimum Gasteiger partial charge on any atom is -0.510 e. The highest BCUT2D eigenvalue weighted by Crippen LogP contribution is 2.54. The number of hydrogen-bond donors (Lipinski definition) is 6. The predicted octanol–water partition coefficient (Wildman–Crippen LogP) is 0.611. The molecule has 5 rings (SSSR count). The van der Waals surface area contributed by atoms with E-state index in [1.165, 1.54) is 0 Å². The van der Waals surface area contributed by atoms with Crippen molar-refractivity contribution in [1.29, 1.82) is 0 Å². The molecule has 0 fully saturated rings. The highest BCUT2D eigenvalue weighted by molar-refractivity contribution is 6.24. The number of carbonyl (C=O) groups is 3. The Bertz CT molecular complexity index is 1330. The highest BCUT2D eigenvalue weighted by Gasteiger charge is 2.62. The molecule has 7 N–H and O–H groups in total. The predicted molar refractivity (Wildman–Crippen MR) is 138 cm³/mol. The topological polar surface area (TPSA) is 177 Å². The molecule has 1 aliphatic heterocycles. The lowest BCUT2D eigenvalue weighted by atomic mass is 9.58. The minimum atomic E-state index is -2.64. The van der Waals surface area contributed by atoms with E-state index in [1.54, 1.807) is 13.0 Å². The van der Waals surface area contributed by atoms with E-state index in [9.17, 15) is 34.8 Å². The van der Waals surface area contributed by atoms with Crippen LogP contribution >= 0.6 is 0 Å². The number of allylic oxidation sites excluding steroid dienone is 1. The summed E-state index contributed by atoms with van der Waals surface area (Å²) in [6.07, 6.45) is 1.17. The number of hydrogen-bond acceptors (Lipinski definition) is 10. The maximum absolute atomic E-state index is 13.9. The number of likely N-dealkylation sites (N-methyl/N-ethyl adjacent to an activating group) is 1. The van der Waals surface area contributed by atoms with Crippen molar-refractivity contribution in [2.24, 2.45) is 17.6 Å². The Morgan fingerprint density at radius 1 is 1.26 bits per heavy atom. The number of rotatable bonds is 4. The molecule has 1 heterocycles. The Kier molecular flexibility index (Phi) is 6.08. The van der Waals surface area contributed by atoms with Crippen molar-refractivity contribution >= 4 is 23.2 Å². The van der Waals surface area contributed by atoms with E-state index in [0.29, 0.717) is 12.1 Å². The third kappa shape index (κ3) is 3.35. The molecular weight excluding hydrogens is 492 g/mol. The van der Waals surface area contributed by atoms with Crippen molar-refractivity contribution < 1.29 is 34.8 Å². The molecule has 5 atom stereocenters. The largest absolute Gasteiger partial charge is 0.510 e. The van der Waals surface area contributed by atoms with Gasteiger partial charge in [0.15, 0.2) is 11.4 Å². The van der Waals surface area contributed by atoms with Crippen LogP contribution in [0.25, 0.3) is 0 Å². The second kappa shape index (κ2) is 8.82. The molecule has 0 saturated carbocycles. The standard InChI is InChI=1S/C27H34N4O7/c1-5-29-20-14-9-11-8-13-18(16(32)10-12-15(30(2)3)6-7-31(4)21(12)13)22(33)17(11)24(35)27(14,38)25(36)19(23(20)34)26(28)37/h10-11,14-15,20,29,32,34-35,38H,5-9H2,1-4H3,(H2,28,37)/t11-,14-,15?,20-,27-/m0/s1. The first kappa shape index (κ1) is 26.2. The van der Waals surface area contributed by atoms with Crippen LogP contribution < -0.4 is 16.0 Å². The van der Waals surface area contributed by atoms with Crippen molar-refractivity contribution in [3.63, 3.8) is 0 Å². The van der Waals surface area contributed by atoms with E-state index in [4.69, 9.17) is 5.73 Å². The van der Waals surface area contributed by atoms with Gasteiger partial charge in [-0.05, 0) is 63.0 Å². The number of amides is 1. The van der Waals surface area contributed by atoms with Crippen LogP contribution in [0.4, 0.5) is 5.69 Å². The molecule has 11 nitrogen and oxygen atoms in total. The summed E-state index contributed by atoms with van der Waals surface area (Å²) in [5.74, 6) is -6.50. The summed E-state index contributed by atoms with van der Waals surface area (Å²) in [4.78, 5) is 43.5. The summed E-state index contributed by atoms with van der Waals surface area (Å²) in [6, 6.07) is 0.575. The van der Waals surface area contributed by atoms with E-state index in [-0.39, 0.29) is 35.8 Å². The molecule has 204 valence electrons. The van der Waals surface area contributed by atoms with Crippen LogP contribution in [0.15, 0.2) is 28.7 Å². The Hall–Kier alpha value is -3.41. The number of aliphatic hydroxyl groups is 3. The summed E-state index contributed by atoms with van der Waals surface area (Å²) in [5.41, 5.74) is 4.21. The Balaban J connectivity index is 1.72. The van der Waals surface area contributed by atoms with Gasteiger partial charge in [-0.15, -0.1) is 0 Å². The molecule has 1 aromatic rings. The molecule has 3 aliphatic carbocycles. The Labute approximate surface area is 220 Å². The molecule has 0 spiro atoms. The van der Waals surface area contributed by atoms with Crippen LogP contribution in [-0.4, -0.2) is 88.7 Å². The summed E-state index contributed by atoms with van der Waals surface area (Å²) in [6.45, 7) is 2.82. The first-order chi connectivity index (χ1) is 17.9. The lowest BCUT2D eigenvalue weighted by Crippen LogP contribution is -2.64. The Morgan fingerprint density at radius 3 is 2.55 bits per heavy atom. The van der Waals surface area contributed by atoms with Crippen LogP contribution in [0.3, 0.4) is 0 Å².